The van der Waals surface area contributed by atoms with Gasteiger partial charge in [0.05, 0.1) is 11.6 Å². The summed E-state index contributed by atoms with van der Waals surface area (Å²) in [7, 11) is 0. The van der Waals surface area contributed by atoms with E-state index in [-0.39, 0.29) is 6.10 Å². The Kier molecular flexibility index (Phi) is 3.55. The fourth-order valence-corrected chi connectivity index (χ4v) is 3.29. The van der Waals surface area contributed by atoms with Crippen molar-refractivity contribution in [2.75, 3.05) is 12.5 Å². The third-order valence-electron chi connectivity index (χ3n) is 3.47. The van der Waals surface area contributed by atoms with Crippen LogP contribution in [0, 0.1) is 5.92 Å². The Hall–Kier alpha value is -0.640. The molecule has 0 saturated carbocycles. The summed E-state index contributed by atoms with van der Waals surface area (Å²) >= 11 is 9.59. The standard InChI is InChI=1S/C14H13BrClNO/c15-12-4-3-11(13-10(12)2-1-6-17-13)14-9(8-16)5-7-18-14/h1-4,6,9,14H,5,7-8H2. The number of pyridine rings is 1. The van der Waals surface area contributed by atoms with E-state index in [0.29, 0.717) is 11.8 Å². The molecule has 2 heterocycles. The molecule has 2 aromatic rings. The maximum absolute atomic E-state index is 6.03. The van der Waals surface area contributed by atoms with Crippen LogP contribution in [0.3, 0.4) is 0 Å². The van der Waals surface area contributed by atoms with Gasteiger partial charge in [-0.1, -0.05) is 28.1 Å². The third-order valence-corrected chi connectivity index (χ3v) is 4.55. The first-order valence-corrected chi connectivity index (χ1v) is 7.34. The molecule has 94 valence electrons. The smallest absolute Gasteiger partial charge is 0.0886 e. The van der Waals surface area contributed by atoms with E-state index in [1.807, 2.05) is 12.3 Å². The van der Waals surface area contributed by atoms with Crippen LogP contribution in [0.25, 0.3) is 10.9 Å². The number of hydrogen-bond acceptors (Lipinski definition) is 2. The van der Waals surface area contributed by atoms with Crippen molar-refractivity contribution in [3.05, 3.63) is 40.5 Å². The van der Waals surface area contributed by atoms with Crippen molar-refractivity contribution in [1.29, 1.82) is 0 Å². The van der Waals surface area contributed by atoms with Crippen molar-refractivity contribution in [3.63, 3.8) is 0 Å². The van der Waals surface area contributed by atoms with Crippen LogP contribution in [-0.2, 0) is 4.74 Å². The maximum Gasteiger partial charge on any atom is 0.0886 e. The van der Waals surface area contributed by atoms with Crippen molar-refractivity contribution in [1.82, 2.24) is 4.98 Å². The van der Waals surface area contributed by atoms with E-state index in [1.54, 1.807) is 0 Å². The minimum atomic E-state index is 0.0769. The summed E-state index contributed by atoms with van der Waals surface area (Å²) in [6.45, 7) is 0.784. The van der Waals surface area contributed by atoms with E-state index in [2.05, 4.69) is 39.1 Å². The Labute approximate surface area is 119 Å². The Morgan fingerprint density at radius 2 is 2.28 bits per heavy atom. The monoisotopic (exact) mass is 325 g/mol. The van der Waals surface area contributed by atoms with Crippen LogP contribution in [0.2, 0.25) is 0 Å². The lowest BCUT2D eigenvalue weighted by Gasteiger charge is -2.18. The highest BCUT2D eigenvalue weighted by molar-refractivity contribution is 9.10. The molecule has 0 amide bonds. The molecule has 0 spiro atoms. The molecule has 0 N–H and O–H groups in total. The van der Waals surface area contributed by atoms with E-state index in [0.717, 1.165) is 34.0 Å². The van der Waals surface area contributed by atoms with Gasteiger partial charge in [-0.2, -0.15) is 0 Å². The lowest BCUT2D eigenvalue weighted by Crippen LogP contribution is -2.09. The molecule has 2 atom stereocenters. The SMILES string of the molecule is ClCC1CCOC1c1ccc(Br)c2cccnc12. The van der Waals surface area contributed by atoms with Gasteiger partial charge in [-0.05, 0) is 18.6 Å². The second kappa shape index (κ2) is 5.16. The quantitative estimate of drug-likeness (QED) is 0.767. The third kappa shape index (κ3) is 2.04. The fraction of sp³-hybridized carbons (Fsp3) is 0.357. The number of benzene rings is 1. The highest BCUT2D eigenvalue weighted by Crippen LogP contribution is 2.39. The second-order valence-electron chi connectivity index (χ2n) is 4.53. The van der Waals surface area contributed by atoms with Gasteiger partial charge in [-0.25, -0.2) is 0 Å². The van der Waals surface area contributed by atoms with Crippen molar-refractivity contribution in [2.45, 2.75) is 12.5 Å². The summed E-state index contributed by atoms with van der Waals surface area (Å²) < 4.78 is 6.92. The summed E-state index contributed by atoms with van der Waals surface area (Å²) in [5.74, 6) is 1.02. The van der Waals surface area contributed by atoms with Crippen molar-refractivity contribution in [2.24, 2.45) is 5.92 Å². The predicted octanol–water partition coefficient (Wildman–Crippen LogP) is 4.31. The lowest BCUT2D eigenvalue weighted by atomic mass is 9.95. The molecule has 1 saturated heterocycles. The van der Waals surface area contributed by atoms with Gasteiger partial charge in [0, 0.05) is 40.0 Å². The van der Waals surface area contributed by atoms with Crippen molar-refractivity contribution in [3.8, 4) is 0 Å². The highest BCUT2D eigenvalue weighted by atomic mass is 79.9. The average Bonchev–Trinajstić information content (AvgIpc) is 2.88. The molecule has 2 nitrogen and oxygen atoms in total. The topological polar surface area (TPSA) is 22.1 Å². The maximum atomic E-state index is 6.03. The minimum Gasteiger partial charge on any atom is -0.373 e. The number of hydrogen-bond donors (Lipinski definition) is 0. The van der Waals surface area contributed by atoms with E-state index in [1.165, 1.54) is 0 Å². The van der Waals surface area contributed by atoms with Gasteiger partial charge in [0.25, 0.3) is 0 Å². The normalized spacial score (nSPS) is 23.7. The molecular weight excluding hydrogens is 314 g/mol. The lowest BCUT2D eigenvalue weighted by molar-refractivity contribution is 0.0961. The largest absolute Gasteiger partial charge is 0.373 e. The van der Waals surface area contributed by atoms with Crippen LogP contribution in [0.4, 0.5) is 0 Å². The first kappa shape index (κ1) is 12.4. The predicted molar refractivity (Wildman–Crippen MR) is 77.0 cm³/mol. The Morgan fingerprint density at radius 1 is 1.39 bits per heavy atom. The summed E-state index contributed by atoms with van der Waals surface area (Å²) in [5, 5.41) is 1.12. The number of fused-ring (bicyclic) bond motifs is 1. The van der Waals surface area contributed by atoms with Crippen LogP contribution in [0.15, 0.2) is 34.9 Å². The Bertz CT molecular complexity index is 575. The molecule has 0 aliphatic carbocycles. The molecule has 4 heteroatoms. The zero-order valence-electron chi connectivity index (χ0n) is 9.77. The zero-order valence-corrected chi connectivity index (χ0v) is 12.1. The molecule has 0 bridgehead atoms. The molecule has 1 aromatic heterocycles. The van der Waals surface area contributed by atoms with Gasteiger partial charge in [0.15, 0.2) is 0 Å². The number of nitrogens with zero attached hydrogens (tertiary/aromatic N) is 1. The van der Waals surface area contributed by atoms with Crippen LogP contribution < -0.4 is 0 Å². The molecule has 1 aliphatic rings. The van der Waals surface area contributed by atoms with Gasteiger partial charge in [0.1, 0.15) is 0 Å². The number of alkyl halides is 1. The molecule has 1 aromatic carbocycles. The van der Waals surface area contributed by atoms with Gasteiger partial charge < -0.3 is 4.74 Å². The molecule has 18 heavy (non-hydrogen) atoms. The van der Waals surface area contributed by atoms with Crippen LogP contribution in [-0.4, -0.2) is 17.5 Å². The van der Waals surface area contributed by atoms with E-state index >= 15 is 0 Å². The molecule has 1 fully saturated rings. The van der Waals surface area contributed by atoms with Gasteiger partial charge in [-0.3, -0.25) is 4.98 Å². The van der Waals surface area contributed by atoms with E-state index in [4.69, 9.17) is 16.3 Å². The Morgan fingerprint density at radius 3 is 3.11 bits per heavy atom. The van der Waals surface area contributed by atoms with E-state index in [9.17, 15) is 0 Å². The molecule has 3 rings (SSSR count). The summed E-state index contributed by atoms with van der Waals surface area (Å²) in [6.07, 6.45) is 2.93. The number of rotatable bonds is 2. The number of halogens is 2. The van der Waals surface area contributed by atoms with Crippen LogP contribution in [0.5, 0.6) is 0 Å². The summed E-state index contributed by atoms with van der Waals surface area (Å²) in [6, 6.07) is 8.17. The second-order valence-corrected chi connectivity index (χ2v) is 5.69. The van der Waals surface area contributed by atoms with Crippen molar-refractivity contribution < 1.29 is 4.74 Å². The van der Waals surface area contributed by atoms with Gasteiger partial charge in [-0.15, -0.1) is 11.6 Å². The zero-order chi connectivity index (χ0) is 12.5. The van der Waals surface area contributed by atoms with E-state index < -0.39 is 0 Å². The summed E-state index contributed by atoms with van der Waals surface area (Å²) in [5.41, 5.74) is 2.16. The van der Waals surface area contributed by atoms with Gasteiger partial charge in [0.2, 0.25) is 0 Å². The van der Waals surface area contributed by atoms with Crippen LogP contribution in [0.1, 0.15) is 18.1 Å². The molecule has 2 unspecified atom stereocenters. The average molecular weight is 327 g/mol. The summed E-state index contributed by atoms with van der Waals surface area (Å²) in [4.78, 5) is 4.50. The number of ether oxygens (including phenoxy) is 1. The van der Waals surface area contributed by atoms with Crippen molar-refractivity contribution >= 4 is 38.4 Å². The molecule has 0 radical (unpaired) electrons. The van der Waals surface area contributed by atoms with Crippen LogP contribution >= 0.6 is 27.5 Å². The highest BCUT2D eigenvalue weighted by Gasteiger charge is 2.30. The van der Waals surface area contributed by atoms with Gasteiger partial charge >= 0.3 is 0 Å². The first-order valence-electron chi connectivity index (χ1n) is 6.02. The fourth-order valence-electron chi connectivity index (χ4n) is 2.52. The first-order chi connectivity index (χ1) is 8.81. The minimum absolute atomic E-state index is 0.0769. The Balaban J connectivity index is 2.15. The molecular formula is C14H13BrClNO. The number of aromatic nitrogens is 1. The molecule has 1 aliphatic heterocycles.